The molecule has 0 saturated heterocycles. The number of ether oxygens (including phenoxy) is 3. The molecular formula is C13H17ClO4. The summed E-state index contributed by atoms with van der Waals surface area (Å²) in [6, 6.07) is 3.12. The lowest BCUT2D eigenvalue weighted by atomic mass is 10.2. The highest BCUT2D eigenvalue weighted by Gasteiger charge is 2.17. The number of carbonyl (C=O) groups excluding carboxylic acids is 1. The van der Waals surface area contributed by atoms with Crippen LogP contribution in [0.3, 0.4) is 0 Å². The summed E-state index contributed by atoms with van der Waals surface area (Å²) < 4.78 is 15.7. The second-order valence-corrected chi connectivity index (χ2v) is 3.77. The van der Waals surface area contributed by atoms with E-state index in [0.717, 1.165) is 0 Å². The second-order valence-electron chi connectivity index (χ2n) is 3.37. The quantitative estimate of drug-likeness (QED) is 0.745. The summed E-state index contributed by atoms with van der Waals surface area (Å²) in [7, 11) is 0. The van der Waals surface area contributed by atoms with Gasteiger partial charge in [-0.15, -0.1) is 0 Å². The summed E-state index contributed by atoms with van der Waals surface area (Å²) in [6.07, 6.45) is 0. The van der Waals surface area contributed by atoms with E-state index in [0.29, 0.717) is 41.9 Å². The van der Waals surface area contributed by atoms with Crippen molar-refractivity contribution in [3.63, 3.8) is 0 Å². The van der Waals surface area contributed by atoms with Crippen molar-refractivity contribution >= 4 is 17.6 Å². The highest BCUT2D eigenvalue weighted by Crippen LogP contribution is 2.33. The fourth-order valence-corrected chi connectivity index (χ4v) is 1.65. The van der Waals surface area contributed by atoms with Crippen molar-refractivity contribution in [1.82, 2.24) is 0 Å². The van der Waals surface area contributed by atoms with Gasteiger partial charge in [-0.05, 0) is 26.8 Å². The third kappa shape index (κ3) is 3.53. The standard InChI is InChI=1S/C13H17ClO4/c1-4-16-11-8-10(14)12(17-5-2)7-9(11)13(15)18-6-3/h7-8H,4-6H2,1-3H3. The van der Waals surface area contributed by atoms with Crippen LogP contribution in [0.25, 0.3) is 0 Å². The first-order chi connectivity index (χ1) is 8.63. The monoisotopic (exact) mass is 272 g/mol. The Kier molecular flexibility index (Phi) is 5.78. The minimum absolute atomic E-state index is 0.303. The molecule has 18 heavy (non-hydrogen) atoms. The largest absolute Gasteiger partial charge is 0.493 e. The topological polar surface area (TPSA) is 44.8 Å². The molecule has 0 amide bonds. The van der Waals surface area contributed by atoms with Gasteiger partial charge in [-0.25, -0.2) is 4.79 Å². The summed E-state index contributed by atoms with van der Waals surface area (Å²) in [5.74, 6) is 0.411. The van der Waals surface area contributed by atoms with Crippen LogP contribution >= 0.6 is 11.6 Å². The molecule has 0 radical (unpaired) electrons. The Bertz CT molecular complexity index is 418. The highest BCUT2D eigenvalue weighted by molar-refractivity contribution is 6.32. The van der Waals surface area contributed by atoms with Gasteiger partial charge in [-0.1, -0.05) is 11.6 Å². The molecule has 0 aliphatic carbocycles. The molecule has 0 aliphatic rings. The SMILES string of the molecule is CCOC(=O)c1cc(OCC)c(Cl)cc1OCC. The van der Waals surface area contributed by atoms with Crippen molar-refractivity contribution in [2.75, 3.05) is 19.8 Å². The fourth-order valence-electron chi connectivity index (χ4n) is 1.44. The molecule has 0 saturated carbocycles. The predicted molar refractivity (Wildman–Crippen MR) is 69.7 cm³/mol. The predicted octanol–water partition coefficient (Wildman–Crippen LogP) is 3.31. The number of hydrogen-bond donors (Lipinski definition) is 0. The minimum atomic E-state index is -0.446. The summed E-state index contributed by atoms with van der Waals surface area (Å²) in [5.41, 5.74) is 0.326. The molecule has 0 spiro atoms. The lowest BCUT2D eigenvalue weighted by molar-refractivity contribution is 0.0521. The number of benzene rings is 1. The fraction of sp³-hybridized carbons (Fsp3) is 0.462. The number of carbonyl (C=O) groups is 1. The van der Waals surface area contributed by atoms with Crippen LogP contribution in [-0.2, 0) is 4.74 Å². The van der Waals surface area contributed by atoms with Gasteiger partial charge in [0, 0.05) is 6.07 Å². The minimum Gasteiger partial charge on any atom is -0.493 e. The molecule has 1 aromatic carbocycles. The normalized spacial score (nSPS) is 10.0. The number of hydrogen-bond acceptors (Lipinski definition) is 4. The summed E-state index contributed by atoms with van der Waals surface area (Å²) in [5, 5.41) is 0.411. The third-order valence-corrected chi connectivity index (χ3v) is 2.42. The van der Waals surface area contributed by atoms with Gasteiger partial charge < -0.3 is 14.2 Å². The van der Waals surface area contributed by atoms with E-state index in [-0.39, 0.29) is 0 Å². The molecule has 0 aromatic heterocycles. The smallest absolute Gasteiger partial charge is 0.342 e. The molecule has 0 unspecified atom stereocenters. The lowest BCUT2D eigenvalue weighted by Crippen LogP contribution is -2.08. The molecule has 5 heteroatoms. The van der Waals surface area contributed by atoms with E-state index in [1.54, 1.807) is 19.1 Å². The Balaban J connectivity index is 3.16. The first-order valence-corrected chi connectivity index (χ1v) is 6.28. The van der Waals surface area contributed by atoms with Gasteiger partial charge in [0.1, 0.15) is 17.1 Å². The van der Waals surface area contributed by atoms with Crippen LogP contribution in [0.1, 0.15) is 31.1 Å². The van der Waals surface area contributed by atoms with Crippen LogP contribution in [0, 0.1) is 0 Å². The van der Waals surface area contributed by atoms with Crippen LogP contribution in [0.15, 0.2) is 12.1 Å². The van der Waals surface area contributed by atoms with E-state index in [1.165, 1.54) is 0 Å². The Morgan fingerprint density at radius 3 is 2.22 bits per heavy atom. The van der Waals surface area contributed by atoms with Gasteiger partial charge >= 0.3 is 5.97 Å². The number of halogens is 1. The number of rotatable bonds is 6. The summed E-state index contributed by atoms with van der Waals surface area (Å²) >= 11 is 6.04. The average molecular weight is 273 g/mol. The van der Waals surface area contributed by atoms with Gasteiger partial charge in [0.25, 0.3) is 0 Å². The maximum Gasteiger partial charge on any atom is 0.342 e. The molecule has 1 rings (SSSR count). The summed E-state index contributed by atoms with van der Waals surface area (Å²) in [4.78, 5) is 11.8. The van der Waals surface area contributed by atoms with Crippen molar-refractivity contribution in [2.45, 2.75) is 20.8 Å². The Morgan fingerprint density at radius 2 is 1.67 bits per heavy atom. The van der Waals surface area contributed by atoms with Gasteiger partial charge in [0.05, 0.1) is 24.8 Å². The third-order valence-electron chi connectivity index (χ3n) is 2.13. The lowest BCUT2D eigenvalue weighted by Gasteiger charge is -2.13. The van der Waals surface area contributed by atoms with Crippen LogP contribution in [0.4, 0.5) is 0 Å². The van der Waals surface area contributed by atoms with E-state index in [2.05, 4.69) is 0 Å². The van der Waals surface area contributed by atoms with Crippen molar-refractivity contribution < 1.29 is 19.0 Å². The molecule has 1 aromatic rings. The molecule has 0 bridgehead atoms. The molecule has 0 N–H and O–H groups in total. The van der Waals surface area contributed by atoms with Crippen molar-refractivity contribution in [2.24, 2.45) is 0 Å². The molecule has 100 valence electrons. The van der Waals surface area contributed by atoms with Crippen LogP contribution in [0.5, 0.6) is 11.5 Å². The zero-order chi connectivity index (χ0) is 13.5. The zero-order valence-corrected chi connectivity index (χ0v) is 11.5. The molecule has 4 nitrogen and oxygen atoms in total. The van der Waals surface area contributed by atoms with Crippen molar-refractivity contribution in [3.05, 3.63) is 22.7 Å². The Morgan fingerprint density at radius 1 is 1.06 bits per heavy atom. The van der Waals surface area contributed by atoms with Gasteiger partial charge in [0.15, 0.2) is 0 Å². The van der Waals surface area contributed by atoms with Crippen LogP contribution < -0.4 is 9.47 Å². The second kappa shape index (κ2) is 7.11. The first kappa shape index (κ1) is 14.6. The zero-order valence-electron chi connectivity index (χ0n) is 10.8. The average Bonchev–Trinajstić information content (AvgIpc) is 2.33. The van der Waals surface area contributed by atoms with E-state index in [9.17, 15) is 4.79 Å². The van der Waals surface area contributed by atoms with Gasteiger partial charge in [-0.2, -0.15) is 0 Å². The van der Waals surface area contributed by atoms with E-state index in [1.807, 2.05) is 13.8 Å². The molecule has 0 atom stereocenters. The summed E-state index contributed by atoms with van der Waals surface area (Å²) in [6.45, 7) is 6.64. The van der Waals surface area contributed by atoms with E-state index < -0.39 is 5.97 Å². The Labute approximate surface area is 112 Å². The molecular weight excluding hydrogens is 256 g/mol. The van der Waals surface area contributed by atoms with Gasteiger partial charge in [0.2, 0.25) is 0 Å². The molecule has 0 fully saturated rings. The van der Waals surface area contributed by atoms with Crippen LogP contribution in [0.2, 0.25) is 5.02 Å². The molecule has 0 heterocycles. The Hall–Kier alpha value is -1.42. The van der Waals surface area contributed by atoms with E-state index in [4.69, 9.17) is 25.8 Å². The maximum atomic E-state index is 11.8. The maximum absolute atomic E-state index is 11.8. The van der Waals surface area contributed by atoms with Crippen molar-refractivity contribution in [3.8, 4) is 11.5 Å². The van der Waals surface area contributed by atoms with E-state index >= 15 is 0 Å². The van der Waals surface area contributed by atoms with Crippen LogP contribution in [-0.4, -0.2) is 25.8 Å². The first-order valence-electron chi connectivity index (χ1n) is 5.90. The molecule has 0 aliphatic heterocycles. The highest BCUT2D eigenvalue weighted by atomic mass is 35.5. The van der Waals surface area contributed by atoms with Crippen molar-refractivity contribution in [1.29, 1.82) is 0 Å². The number of esters is 1. The van der Waals surface area contributed by atoms with Gasteiger partial charge in [-0.3, -0.25) is 0 Å².